The van der Waals surface area contributed by atoms with E-state index in [0.29, 0.717) is 26.2 Å². The molecular formula is C14H22N2O3. The molecule has 0 heterocycles. The molecule has 0 saturated heterocycles. The number of para-hydroxylation sites is 2. The van der Waals surface area contributed by atoms with Gasteiger partial charge in [0.25, 0.3) is 0 Å². The van der Waals surface area contributed by atoms with Crippen LogP contribution in [0.25, 0.3) is 0 Å². The molecule has 19 heavy (non-hydrogen) atoms. The summed E-state index contributed by atoms with van der Waals surface area (Å²) in [5.41, 5.74) is 5.12. The minimum atomic E-state index is -0.303. The van der Waals surface area contributed by atoms with Crippen molar-refractivity contribution in [3.63, 3.8) is 0 Å². The third-order valence-electron chi connectivity index (χ3n) is 2.51. The third-order valence-corrected chi connectivity index (χ3v) is 2.51. The maximum absolute atomic E-state index is 10.7. The summed E-state index contributed by atoms with van der Waals surface area (Å²) in [5, 5.41) is 3.17. The molecule has 0 aromatic heterocycles. The van der Waals surface area contributed by atoms with Crippen molar-refractivity contribution in [2.45, 2.75) is 26.3 Å². The normalized spacial score (nSPS) is 11.9. The number of carbonyl (C=O) groups is 1. The third kappa shape index (κ3) is 6.10. The smallest absolute Gasteiger partial charge is 0.218 e. The Morgan fingerprint density at radius 1 is 1.32 bits per heavy atom. The SMILES string of the molecule is CCOc1ccccc1OCCNC(C)CC(N)=O. The highest BCUT2D eigenvalue weighted by Crippen LogP contribution is 2.25. The van der Waals surface area contributed by atoms with E-state index in [9.17, 15) is 4.79 Å². The molecule has 0 radical (unpaired) electrons. The van der Waals surface area contributed by atoms with Gasteiger partial charge in [-0.15, -0.1) is 0 Å². The maximum Gasteiger partial charge on any atom is 0.218 e. The fourth-order valence-electron chi connectivity index (χ4n) is 1.68. The second-order valence-electron chi connectivity index (χ2n) is 4.25. The van der Waals surface area contributed by atoms with Crippen molar-refractivity contribution in [1.29, 1.82) is 0 Å². The predicted octanol–water partition coefficient (Wildman–Crippen LogP) is 1.32. The Morgan fingerprint density at radius 3 is 2.53 bits per heavy atom. The molecule has 1 rings (SSSR count). The maximum atomic E-state index is 10.7. The van der Waals surface area contributed by atoms with Gasteiger partial charge in [0.05, 0.1) is 6.61 Å². The summed E-state index contributed by atoms with van der Waals surface area (Å²) >= 11 is 0. The summed E-state index contributed by atoms with van der Waals surface area (Å²) in [5.74, 6) is 1.17. The molecular weight excluding hydrogens is 244 g/mol. The number of hydrogen-bond donors (Lipinski definition) is 2. The van der Waals surface area contributed by atoms with Crippen LogP contribution in [0, 0.1) is 0 Å². The Morgan fingerprint density at radius 2 is 1.95 bits per heavy atom. The van der Waals surface area contributed by atoms with Crippen molar-refractivity contribution in [2.75, 3.05) is 19.8 Å². The number of benzene rings is 1. The van der Waals surface area contributed by atoms with Crippen LogP contribution in [0.1, 0.15) is 20.3 Å². The van der Waals surface area contributed by atoms with Crippen molar-refractivity contribution >= 4 is 5.91 Å². The molecule has 3 N–H and O–H groups in total. The number of primary amides is 1. The molecule has 1 unspecified atom stereocenters. The van der Waals surface area contributed by atoms with Crippen LogP contribution in [-0.4, -0.2) is 31.7 Å². The van der Waals surface area contributed by atoms with E-state index in [2.05, 4.69) is 5.32 Å². The van der Waals surface area contributed by atoms with E-state index in [1.165, 1.54) is 0 Å². The second-order valence-corrected chi connectivity index (χ2v) is 4.25. The first-order valence-corrected chi connectivity index (χ1v) is 6.49. The zero-order valence-electron chi connectivity index (χ0n) is 11.5. The minimum Gasteiger partial charge on any atom is -0.490 e. The lowest BCUT2D eigenvalue weighted by Gasteiger charge is -2.14. The summed E-state index contributed by atoms with van der Waals surface area (Å²) in [6, 6.07) is 7.62. The fourth-order valence-corrected chi connectivity index (χ4v) is 1.68. The van der Waals surface area contributed by atoms with Gasteiger partial charge in [0.1, 0.15) is 6.61 Å². The van der Waals surface area contributed by atoms with E-state index >= 15 is 0 Å². The number of nitrogens with two attached hydrogens (primary N) is 1. The first-order valence-electron chi connectivity index (χ1n) is 6.49. The van der Waals surface area contributed by atoms with E-state index in [0.717, 1.165) is 11.5 Å². The highest BCUT2D eigenvalue weighted by Gasteiger charge is 2.06. The largest absolute Gasteiger partial charge is 0.490 e. The Hall–Kier alpha value is -1.75. The van der Waals surface area contributed by atoms with Gasteiger partial charge in [0.15, 0.2) is 11.5 Å². The predicted molar refractivity (Wildman–Crippen MR) is 74.4 cm³/mol. The van der Waals surface area contributed by atoms with Crippen LogP contribution in [0.15, 0.2) is 24.3 Å². The standard InChI is InChI=1S/C14H22N2O3/c1-3-18-12-6-4-5-7-13(12)19-9-8-16-11(2)10-14(15)17/h4-7,11,16H,3,8-10H2,1-2H3,(H2,15,17). The van der Waals surface area contributed by atoms with E-state index in [1.54, 1.807) is 0 Å². The van der Waals surface area contributed by atoms with Crippen LogP contribution in [0.5, 0.6) is 11.5 Å². The fraction of sp³-hybridized carbons (Fsp3) is 0.500. The topological polar surface area (TPSA) is 73.6 Å². The van der Waals surface area contributed by atoms with E-state index in [4.69, 9.17) is 15.2 Å². The summed E-state index contributed by atoms with van der Waals surface area (Å²) in [6.45, 7) is 5.61. The van der Waals surface area contributed by atoms with Crippen LogP contribution >= 0.6 is 0 Å². The van der Waals surface area contributed by atoms with Gasteiger partial charge >= 0.3 is 0 Å². The number of ether oxygens (including phenoxy) is 2. The van der Waals surface area contributed by atoms with Gasteiger partial charge in [0.2, 0.25) is 5.91 Å². The van der Waals surface area contributed by atoms with E-state index in [1.807, 2.05) is 38.1 Å². The Bertz CT molecular complexity index is 396. The molecule has 0 aliphatic heterocycles. The second kappa shape index (κ2) is 8.37. The van der Waals surface area contributed by atoms with Crippen molar-refractivity contribution in [2.24, 2.45) is 5.73 Å². The van der Waals surface area contributed by atoms with Gasteiger partial charge in [-0.05, 0) is 26.0 Å². The number of carbonyl (C=O) groups excluding carboxylic acids is 1. The van der Waals surface area contributed by atoms with Crippen molar-refractivity contribution in [3.05, 3.63) is 24.3 Å². The number of rotatable bonds is 9. The zero-order valence-corrected chi connectivity index (χ0v) is 11.5. The molecule has 106 valence electrons. The first-order chi connectivity index (χ1) is 9.13. The average Bonchev–Trinajstić information content (AvgIpc) is 2.36. The summed E-state index contributed by atoms with van der Waals surface area (Å²) in [7, 11) is 0. The molecule has 0 bridgehead atoms. The lowest BCUT2D eigenvalue weighted by atomic mass is 10.2. The molecule has 5 heteroatoms. The van der Waals surface area contributed by atoms with Gasteiger partial charge in [-0.2, -0.15) is 0 Å². The molecule has 1 atom stereocenters. The first kappa shape index (κ1) is 15.3. The highest BCUT2D eigenvalue weighted by atomic mass is 16.5. The van der Waals surface area contributed by atoms with Crippen LogP contribution in [0.4, 0.5) is 0 Å². The molecule has 1 amide bonds. The van der Waals surface area contributed by atoms with Crippen molar-refractivity contribution < 1.29 is 14.3 Å². The number of hydrogen-bond acceptors (Lipinski definition) is 4. The lowest BCUT2D eigenvalue weighted by molar-refractivity contribution is -0.118. The highest BCUT2D eigenvalue weighted by molar-refractivity contribution is 5.74. The average molecular weight is 266 g/mol. The van der Waals surface area contributed by atoms with Gasteiger partial charge < -0.3 is 20.5 Å². The molecule has 0 saturated carbocycles. The molecule has 0 aliphatic carbocycles. The number of amides is 1. The minimum absolute atomic E-state index is 0.0586. The molecule has 1 aromatic rings. The zero-order chi connectivity index (χ0) is 14.1. The molecule has 0 spiro atoms. The van der Waals surface area contributed by atoms with Crippen molar-refractivity contribution in [1.82, 2.24) is 5.32 Å². The van der Waals surface area contributed by atoms with Crippen LogP contribution in [0.2, 0.25) is 0 Å². The van der Waals surface area contributed by atoms with Crippen LogP contribution in [-0.2, 0) is 4.79 Å². The molecule has 0 aliphatic rings. The lowest BCUT2D eigenvalue weighted by Crippen LogP contribution is -2.33. The molecule has 5 nitrogen and oxygen atoms in total. The molecule has 1 aromatic carbocycles. The van der Waals surface area contributed by atoms with Gasteiger partial charge in [-0.3, -0.25) is 4.79 Å². The van der Waals surface area contributed by atoms with Gasteiger partial charge in [-0.1, -0.05) is 12.1 Å². The van der Waals surface area contributed by atoms with Gasteiger partial charge in [-0.25, -0.2) is 0 Å². The molecule has 0 fully saturated rings. The van der Waals surface area contributed by atoms with Gasteiger partial charge in [0, 0.05) is 19.0 Å². The quantitative estimate of drug-likeness (QED) is 0.661. The van der Waals surface area contributed by atoms with E-state index in [-0.39, 0.29) is 11.9 Å². The summed E-state index contributed by atoms with van der Waals surface area (Å²) < 4.78 is 11.1. The number of nitrogens with one attached hydrogen (secondary N) is 1. The van der Waals surface area contributed by atoms with Crippen LogP contribution in [0.3, 0.4) is 0 Å². The Balaban J connectivity index is 2.31. The monoisotopic (exact) mass is 266 g/mol. The Labute approximate surface area is 114 Å². The Kier molecular flexibility index (Phi) is 6.74. The summed E-state index contributed by atoms with van der Waals surface area (Å²) in [6.07, 6.45) is 0.329. The van der Waals surface area contributed by atoms with Crippen molar-refractivity contribution in [3.8, 4) is 11.5 Å². The van der Waals surface area contributed by atoms with E-state index < -0.39 is 0 Å². The summed E-state index contributed by atoms with van der Waals surface area (Å²) in [4.78, 5) is 10.7. The van der Waals surface area contributed by atoms with Crippen LogP contribution < -0.4 is 20.5 Å².